The number of nitrogens with one attached hydrogen (secondary N) is 2. The van der Waals surface area contributed by atoms with Gasteiger partial charge in [-0.1, -0.05) is 6.07 Å². The van der Waals surface area contributed by atoms with Crippen molar-refractivity contribution in [2.75, 3.05) is 23.4 Å². The van der Waals surface area contributed by atoms with Gasteiger partial charge >= 0.3 is 6.03 Å². The highest BCUT2D eigenvalue weighted by Crippen LogP contribution is 2.30. The molecule has 10 nitrogen and oxygen atoms in total. The second-order valence-corrected chi connectivity index (χ2v) is 10.6. The molecule has 2 N–H and O–H groups in total. The Balaban J connectivity index is 1.34. The first kappa shape index (κ1) is 23.6. The Bertz CT molecular complexity index is 1540. The summed E-state index contributed by atoms with van der Waals surface area (Å²) in [5, 5.41) is 3.77. The maximum Gasteiger partial charge on any atom is 0.333 e. The van der Waals surface area contributed by atoms with Gasteiger partial charge < -0.3 is 10.1 Å². The molecule has 0 saturated heterocycles. The van der Waals surface area contributed by atoms with Gasteiger partial charge in [-0.05, 0) is 53.4 Å². The van der Waals surface area contributed by atoms with Crippen molar-refractivity contribution in [3.63, 3.8) is 0 Å². The summed E-state index contributed by atoms with van der Waals surface area (Å²) in [4.78, 5) is 43.0. The number of urea groups is 1. The van der Waals surface area contributed by atoms with E-state index in [1.807, 2.05) is 4.72 Å². The highest BCUT2D eigenvalue weighted by atomic mass is 32.2. The number of hydrogen-bond donors (Lipinski definition) is 2. The van der Waals surface area contributed by atoms with Crippen LogP contribution in [0.15, 0.2) is 63.1 Å². The molecule has 13 heteroatoms. The molecule has 0 unspecified atom stereocenters. The molecular weight excluding hydrogens is 511 g/mol. The first-order valence-corrected chi connectivity index (χ1v) is 12.9. The van der Waals surface area contributed by atoms with Crippen LogP contribution in [0.2, 0.25) is 0 Å². The SMILES string of the molecule is O=C(Nc1ccc(N2C(=O)Cc3cc(C4=NCCO4)ccc3C2=O)c(F)c1)NS(=O)(=O)c1cccs1. The van der Waals surface area contributed by atoms with Crippen molar-refractivity contribution in [2.45, 2.75) is 10.6 Å². The van der Waals surface area contributed by atoms with Crippen LogP contribution in [0.4, 0.5) is 20.6 Å². The van der Waals surface area contributed by atoms with Crippen molar-refractivity contribution < 1.29 is 31.9 Å². The molecule has 3 aromatic rings. The van der Waals surface area contributed by atoms with Gasteiger partial charge in [-0.25, -0.2) is 32.2 Å². The number of amides is 4. The van der Waals surface area contributed by atoms with Crippen molar-refractivity contribution in [1.29, 1.82) is 0 Å². The van der Waals surface area contributed by atoms with E-state index in [4.69, 9.17) is 4.74 Å². The normalized spacial score (nSPS) is 15.2. The van der Waals surface area contributed by atoms with E-state index < -0.39 is 33.7 Å². The van der Waals surface area contributed by atoms with E-state index in [0.717, 1.165) is 28.4 Å². The number of hydrogen-bond acceptors (Lipinski definition) is 8. The molecule has 5 rings (SSSR count). The van der Waals surface area contributed by atoms with Crippen molar-refractivity contribution in [3.8, 4) is 0 Å². The lowest BCUT2D eigenvalue weighted by Crippen LogP contribution is -2.43. The van der Waals surface area contributed by atoms with E-state index in [-0.39, 0.29) is 27.6 Å². The Hall–Kier alpha value is -4.10. The van der Waals surface area contributed by atoms with E-state index >= 15 is 0 Å². The molecule has 4 amide bonds. The van der Waals surface area contributed by atoms with Crippen molar-refractivity contribution >= 4 is 56.5 Å². The zero-order valence-corrected chi connectivity index (χ0v) is 20.0. The van der Waals surface area contributed by atoms with Gasteiger partial charge in [0.1, 0.15) is 16.6 Å². The lowest BCUT2D eigenvalue weighted by molar-refractivity contribution is -0.117. The summed E-state index contributed by atoms with van der Waals surface area (Å²) >= 11 is 0.929. The lowest BCUT2D eigenvalue weighted by Gasteiger charge is -2.27. The molecule has 0 bridgehead atoms. The monoisotopic (exact) mass is 528 g/mol. The number of thiophene rings is 1. The number of imide groups is 1. The topological polar surface area (TPSA) is 134 Å². The van der Waals surface area contributed by atoms with Gasteiger partial charge in [-0.3, -0.25) is 9.59 Å². The maximum absolute atomic E-state index is 15.0. The summed E-state index contributed by atoms with van der Waals surface area (Å²) in [6.45, 7) is 1.00. The highest BCUT2D eigenvalue weighted by molar-refractivity contribution is 7.92. The number of benzene rings is 2. The fourth-order valence-electron chi connectivity index (χ4n) is 3.82. The molecule has 0 saturated carbocycles. The summed E-state index contributed by atoms with van der Waals surface area (Å²) in [7, 11) is -4.07. The fraction of sp³-hybridized carbons (Fsp3) is 0.130. The van der Waals surface area contributed by atoms with Crippen LogP contribution >= 0.6 is 11.3 Å². The van der Waals surface area contributed by atoms with E-state index in [9.17, 15) is 27.2 Å². The Morgan fingerprint density at radius 2 is 1.97 bits per heavy atom. The van der Waals surface area contributed by atoms with Gasteiger partial charge in [0.2, 0.25) is 11.8 Å². The van der Waals surface area contributed by atoms with Crippen LogP contribution in [-0.4, -0.2) is 45.3 Å². The number of carbonyl (C=O) groups excluding carboxylic acids is 3. The molecule has 1 aromatic heterocycles. The summed E-state index contributed by atoms with van der Waals surface area (Å²) in [6.07, 6.45) is -0.134. The van der Waals surface area contributed by atoms with Gasteiger partial charge in [-0.2, -0.15) is 0 Å². The Labute approximate surface area is 208 Å². The second-order valence-electron chi connectivity index (χ2n) is 7.78. The number of anilines is 2. The van der Waals surface area contributed by atoms with Crippen LogP contribution in [0, 0.1) is 5.82 Å². The van der Waals surface area contributed by atoms with Crippen LogP contribution in [0.3, 0.4) is 0 Å². The minimum absolute atomic E-state index is 0.0579. The third-order valence-electron chi connectivity index (χ3n) is 5.40. The molecular formula is C23H17FN4O6S2. The third-order valence-corrected chi connectivity index (χ3v) is 8.12. The Morgan fingerprint density at radius 1 is 1.14 bits per heavy atom. The maximum atomic E-state index is 15.0. The van der Waals surface area contributed by atoms with Gasteiger partial charge in [0.25, 0.3) is 15.9 Å². The standard InChI is InChI=1S/C23H17FN4O6S2/c24-17-12-15(26-23(31)27-36(32,33)20-2-1-9-35-20)4-6-18(17)28-19(29)11-14-10-13(21-25-7-8-34-21)3-5-16(14)22(28)30/h1-6,9-10,12H,7-8,11H2,(H2,26,27,31). The Morgan fingerprint density at radius 3 is 2.67 bits per heavy atom. The molecule has 0 fully saturated rings. The smallest absolute Gasteiger partial charge is 0.333 e. The van der Waals surface area contributed by atoms with Crippen molar-refractivity contribution in [2.24, 2.45) is 4.99 Å². The summed E-state index contributed by atoms with van der Waals surface area (Å²) in [5.74, 6) is -1.83. The average molecular weight is 529 g/mol. The molecule has 3 heterocycles. The van der Waals surface area contributed by atoms with E-state index in [1.165, 1.54) is 18.2 Å². The average Bonchev–Trinajstić information content (AvgIpc) is 3.55. The molecule has 2 aliphatic heterocycles. The van der Waals surface area contributed by atoms with Gasteiger partial charge in [-0.15, -0.1) is 11.3 Å². The molecule has 2 aliphatic rings. The minimum atomic E-state index is -4.07. The highest BCUT2D eigenvalue weighted by Gasteiger charge is 2.34. The van der Waals surface area contributed by atoms with Gasteiger partial charge in [0, 0.05) is 16.8 Å². The summed E-state index contributed by atoms with van der Waals surface area (Å²) in [5.41, 5.74) is 1.02. The number of halogens is 1. The molecule has 0 spiro atoms. The molecule has 0 atom stereocenters. The largest absolute Gasteiger partial charge is 0.476 e. The first-order chi connectivity index (χ1) is 17.2. The van der Waals surface area contributed by atoms with Crippen LogP contribution in [0.5, 0.6) is 0 Å². The number of aliphatic imine (C=N–C) groups is 1. The molecule has 0 radical (unpaired) electrons. The van der Waals surface area contributed by atoms with Crippen molar-refractivity contribution in [1.82, 2.24) is 4.72 Å². The molecule has 36 heavy (non-hydrogen) atoms. The van der Waals surface area contributed by atoms with Crippen LogP contribution < -0.4 is 14.9 Å². The number of sulfonamides is 1. The summed E-state index contributed by atoms with van der Waals surface area (Å²) < 4.78 is 46.5. The fourth-order valence-corrected chi connectivity index (χ4v) is 5.72. The number of rotatable bonds is 5. The number of nitrogens with zero attached hydrogens (tertiary/aromatic N) is 2. The Kier molecular flexibility index (Phi) is 6.02. The predicted octanol–water partition coefficient (Wildman–Crippen LogP) is 2.90. The van der Waals surface area contributed by atoms with E-state index in [1.54, 1.807) is 23.6 Å². The van der Waals surface area contributed by atoms with Crippen LogP contribution in [-0.2, 0) is 26.0 Å². The lowest BCUT2D eigenvalue weighted by atomic mass is 9.95. The molecule has 0 aliphatic carbocycles. The third kappa shape index (κ3) is 4.45. The molecule has 2 aromatic carbocycles. The van der Waals surface area contributed by atoms with Gasteiger partial charge in [0.05, 0.1) is 18.7 Å². The van der Waals surface area contributed by atoms with E-state index in [2.05, 4.69) is 10.3 Å². The zero-order valence-electron chi connectivity index (χ0n) is 18.4. The number of carbonyl (C=O) groups is 3. The second kappa shape index (κ2) is 9.17. The van der Waals surface area contributed by atoms with Crippen LogP contribution in [0.1, 0.15) is 21.5 Å². The summed E-state index contributed by atoms with van der Waals surface area (Å²) in [6, 6.07) is 9.92. The van der Waals surface area contributed by atoms with Crippen molar-refractivity contribution in [3.05, 3.63) is 76.4 Å². The predicted molar refractivity (Wildman–Crippen MR) is 129 cm³/mol. The van der Waals surface area contributed by atoms with E-state index in [0.29, 0.717) is 30.2 Å². The van der Waals surface area contributed by atoms with Crippen LogP contribution in [0.25, 0.3) is 0 Å². The first-order valence-electron chi connectivity index (χ1n) is 10.6. The quantitative estimate of drug-likeness (QED) is 0.489. The number of ether oxygens (including phenoxy) is 1. The zero-order chi connectivity index (χ0) is 25.4. The molecule has 184 valence electrons. The number of fused-ring (bicyclic) bond motifs is 1. The van der Waals surface area contributed by atoms with Gasteiger partial charge in [0.15, 0.2) is 0 Å². The minimum Gasteiger partial charge on any atom is -0.476 e.